The number of carbonyl (C=O) groups is 1. The number of hydrogen-bond donors (Lipinski definition) is 2. The van der Waals surface area contributed by atoms with Gasteiger partial charge < -0.3 is 10.2 Å². The number of aromatic nitrogens is 1. The van der Waals surface area contributed by atoms with Crippen LogP contribution in [0.5, 0.6) is 0 Å². The molecule has 0 saturated carbocycles. The lowest BCUT2D eigenvalue weighted by molar-refractivity contribution is 0.00691. The Labute approximate surface area is 88.6 Å². The average Bonchev–Trinajstić information content (AvgIpc) is 2.15. The molecule has 5 nitrogen and oxygen atoms in total. The number of anilines is 1. The lowest BCUT2D eigenvalue weighted by atomic mass is 10.2. The van der Waals surface area contributed by atoms with Gasteiger partial charge in [-0.2, -0.15) is 0 Å². The summed E-state index contributed by atoms with van der Waals surface area (Å²) in [4.78, 5) is 15.5. The average molecular weight is 209 g/mol. The van der Waals surface area contributed by atoms with Crippen LogP contribution in [0.4, 0.5) is 5.69 Å². The van der Waals surface area contributed by atoms with E-state index < -0.39 is 11.6 Å². The highest BCUT2D eigenvalue weighted by molar-refractivity contribution is 5.90. The summed E-state index contributed by atoms with van der Waals surface area (Å²) < 4.78 is 5.18. The molecule has 0 spiro atoms. The summed E-state index contributed by atoms with van der Waals surface area (Å²) in [6.07, 6.45) is 2.96. The lowest BCUT2D eigenvalue weighted by Crippen LogP contribution is -2.24. The summed E-state index contributed by atoms with van der Waals surface area (Å²) >= 11 is 0. The van der Waals surface area contributed by atoms with Crippen molar-refractivity contribution in [1.29, 1.82) is 0 Å². The van der Waals surface area contributed by atoms with Crippen LogP contribution < -0.4 is 11.3 Å². The summed E-state index contributed by atoms with van der Waals surface area (Å²) in [5.74, 6) is 4.79. The first-order valence-corrected chi connectivity index (χ1v) is 4.57. The standard InChI is InChI=1S/C10H15N3O2/c1-10(2,3)15-9(14)7-4-8(13-11)6-12-5-7/h4-6,13H,11H2,1-3H3. The van der Waals surface area contributed by atoms with E-state index in [-0.39, 0.29) is 0 Å². The fraction of sp³-hybridized carbons (Fsp3) is 0.400. The normalized spacial score (nSPS) is 10.9. The largest absolute Gasteiger partial charge is 0.456 e. The minimum atomic E-state index is -0.511. The van der Waals surface area contributed by atoms with Crippen LogP contribution in [0.3, 0.4) is 0 Å². The van der Waals surface area contributed by atoms with Gasteiger partial charge in [0.15, 0.2) is 0 Å². The maximum absolute atomic E-state index is 11.6. The van der Waals surface area contributed by atoms with Crippen LogP contribution in [0.25, 0.3) is 0 Å². The molecule has 0 aliphatic carbocycles. The Kier molecular flexibility index (Phi) is 3.26. The Morgan fingerprint density at radius 1 is 1.47 bits per heavy atom. The van der Waals surface area contributed by atoms with Crippen LogP contribution in [-0.2, 0) is 4.74 Å². The number of ether oxygens (including phenoxy) is 1. The maximum Gasteiger partial charge on any atom is 0.340 e. The molecule has 0 radical (unpaired) electrons. The number of hydrazine groups is 1. The molecule has 1 rings (SSSR count). The van der Waals surface area contributed by atoms with Gasteiger partial charge in [-0.25, -0.2) is 4.79 Å². The van der Waals surface area contributed by atoms with Crippen molar-refractivity contribution in [3.63, 3.8) is 0 Å². The van der Waals surface area contributed by atoms with E-state index in [1.54, 1.807) is 6.07 Å². The second kappa shape index (κ2) is 4.27. The van der Waals surface area contributed by atoms with Gasteiger partial charge in [-0.3, -0.25) is 10.8 Å². The van der Waals surface area contributed by atoms with Gasteiger partial charge in [-0.05, 0) is 26.8 Å². The highest BCUT2D eigenvalue weighted by Crippen LogP contribution is 2.13. The first kappa shape index (κ1) is 11.5. The van der Waals surface area contributed by atoms with Crippen molar-refractivity contribution in [2.45, 2.75) is 26.4 Å². The van der Waals surface area contributed by atoms with Crippen LogP contribution in [0.1, 0.15) is 31.1 Å². The Morgan fingerprint density at radius 2 is 2.13 bits per heavy atom. The monoisotopic (exact) mass is 209 g/mol. The van der Waals surface area contributed by atoms with E-state index in [1.165, 1.54) is 12.4 Å². The van der Waals surface area contributed by atoms with Crippen molar-refractivity contribution in [1.82, 2.24) is 4.98 Å². The molecule has 1 heterocycles. The van der Waals surface area contributed by atoms with Crippen molar-refractivity contribution in [2.24, 2.45) is 5.84 Å². The van der Waals surface area contributed by atoms with Gasteiger partial charge in [-0.1, -0.05) is 0 Å². The first-order chi connectivity index (χ1) is 6.92. The molecule has 0 saturated heterocycles. The number of nitrogens with one attached hydrogen (secondary N) is 1. The second-order valence-electron chi connectivity index (χ2n) is 4.11. The third-order valence-corrected chi connectivity index (χ3v) is 1.54. The van der Waals surface area contributed by atoms with Gasteiger partial charge in [0.05, 0.1) is 17.4 Å². The number of nitrogen functional groups attached to an aromatic ring is 1. The molecular weight excluding hydrogens is 194 g/mol. The topological polar surface area (TPSA) is 77.2 Å². The number of rotatable bonds is 2. The number of hydrogen-bond acceptors (Lipinski definition) is 5. The summed E-state index contributed by atoms with van der Waals surface area (Å²) in [7, 11) is 0. The molecule has 3 N–H and O–H groups in total. The molecule has 0 aromatic carbocycles. The summed E-state index contributed by atoms with van der Waals surface area (Å²) in [6.45, 7) is 5.43. The minimum Gasteiger partial charge on any atom is -0.456 e. The third kappa shape index (κ3) is 3.55. The van der Waals surface area contributed by atoms with Crippen molar-refractivity contribution >= 4 is 11.7 Å². The van der Waals surface area contributed by atoms with Gasteiger partial charge in [0.25, 0.3) is 0 Å². The number of nitrogens with zero attached hydrogens (tertiary/aromatic N) is 1. The zero-order chi connectivity index (χ0) is 11.5. The van der Waals surface area contributed by atoms with Crippen molar-refractivity contribution in [2.75, 3.05) is 5.43 Å². The van der Waals surface area contributed by atoms with Gasteiger partial charge >= 0.3 is 5.97 Å². The van der Waals surface area contributed by atoms with E-state index in [9.17, 15) is 4.79 Å². The molecule has 0 aliphatic heterocycles. The Morgan fingerprint density at radius 3 is 2.67 bits per heavy atom. The van der Waals surface area contributed by atoms with E-state index in [0.29, 0.717) is 11.3 Å². The quantitative estimate of drug-likeness (QED) is 0.436. The van der Waals surface area contributed by atoms with Crippen LogP contribution in [0, 0.1) is 0 Å². The SMILES string of the molecule is CC(C)(C)OC(=O)c1cncc(NN)c1. The van der Waals surface area contributed by atoms with Gasteiger partial charge in [0, 0.05) is 6.20 Å². The number of esters is 1. The zero-order valence-corrected chi connectivity index (χ0v) is 9.07. The van der Waals surface area contributed by atoms with Gasteiger partial charge in [0.1, 0.15) is 5.60 Å². The van der Waals surface area contributed by atoms with E-state index in [0.717, 1.165) is 0 Å². The fourth-order valence-electron chi connectivity index (χ4n) is 0.968. The smallest absolute Gasteiger partial charge is 0.340 e. The summed E-state index contributed by atoms with van der Waals surface area (Å²) in [6, 6.07) is 1.58. The minimum absolute atomic E-state index is 0.375. The van der Waals surface area contributed by atoms with Gasteiger partial charge in [-0.15, -0.1) is 0 Å². The van der Waals surface area contributed by atoms with E-state index >= 15 is 0 Å². The highest BCUT2D eigenvalue weighted by atomic mass is 16.6. The molecule has 15 heavy (non-hydrogen) atoms. The van der Waals surface area contributed by atoms with E-state index in [4.69, 9.17) is 10.6 Å². The Bertz CT molecular complexity index is 358. The molecular formula is C10H15N3O2. The number of nitrogens with two attached hydrogens (primary N) is 1. The maximum atomic E-state index is 11.6. The molecule has 1 aromatic rings. The Hall–Kier alpha value is -1.62. The van der Waals surface area contributed by atoms with Crippen LogP contribution in [0.2, 0.25) is 0 Å². The molecule has 0 atom stereocenters. The lowest BCUT2D eigenvalue weighted by Gasteiger charge is -2.19. The Balaban J connectivity index is 2.82. The summed E-state index contributed by atoms with van der Waals surface area (Å²) in [5, 5.41) is 0. The number of carbonyl (C=O) groups excluding carboxylic acids is 1. The predicted octanol–water partition coefficient (Wildman–Crippen LogP) is 1.32. The first-order valence-electron chi connectivity index (χ1n) is 4.57. The van der Waals surface area contributed by atoms with E-state index in [1.807, 2.05) is 20.8 Å². The molecule has 0 aliphatic rings. The molecule has 0 unspecified atom stereocenters. The predicted molar refractivity (Wildman–Crippen MR) is 57.2 cm³/mol. The molecule has 5 heteroatoms. The number of pyridine rings is 1. The van der Waals surface area contributed by atoms with Crippen molar-refractivity contribution in [3.05, 3.63) is 24.0 Å². The molecule has 0 fully saturated rings. The third-order valence-electron chi connectivity index (χ3n) is 1.54. The zero-order valence-electron chi connectivity index (χ0n) is 9.07. The molecule has 0 bridgehead atoms. The van der Waals surface area contributed by atoms with Crippen molar-refractivity contribution in [3.8, 4) is 0 Å². The fourth-order valence-corrected chi connectivity index (χ4v) is 0.968. The van der Waals surface area contributed by atoms with Gasteiger partial charge in [0.2, 0.25) is 0 Å². The van der Waals surface area contributed by atoms with E-state index in [2.05, 4.69) is 10.4 Å². The highest BCUT2D eigenvalue weighted by Gasteiger charge is 2.18. The van der Waals surface area contributed by atoms with Crippen LogP contribution >= 0.6 is 0 Å². The van der Waals surface area contributed by atoms with Crippen LogP contribution in [0.15, 0.2) is 18.5 Å². The molecule has 1 aromatic heterocycles. The summed E-state index contributed by atoms with van der Waals surface area (Å²) in [5.41, 5.74) is 2.85. The second-order valence-corrected chi connectivity index (χ2v) is 4.11. The molecule has 82 valence electrons. The van der Waals surface area contributed by atoms with Crippen LogP contribution in [-0.4, -0.2) is 16.6 Å². The molecule has 0 amide bonds. The van der Waals surface area contributed by atoms with Crippen molar-refractivity contribution < 1.29 is 9.53 Å².